The van der Waals surface area contributed by atoms with E-state index in [0.717, 1.165) is 19.5 Å². The van der Waals surface area contributed by atoms with Gasteiger partial charge in [-0.15, -0.1) is 0 Å². The molecule has 0 bridgehead atoms. The molecule has 90 valence electrons. The summed E-state index contributed by atoms with van der Waals surface area (Å²) in [4.78, 5) is 0. The van der Waals surface area contributed by atoms with E-state index >= 15 is 0 Å². The molecule has 0 radical (unpaired) electrons. The molecule has 1 unspecified atom stereocenters. The van der Waals surface area contributed by atoms with Crippen molar-refractivity contribution in [2.45, 2.75) is 13.3 Å². The minimum atomic E-state index is 0.610. The van der Waals surface area contributed by atoms with Gasteiger partial charge in [0.05, 0.1) is 0 Å². The summed E-state index contributed by atoms with van der Waals surface area (Å²) < 4.78 is 0. The molecule has 0 saturated carbocycles. The molecule has 2 aromatic carbocycles. The van der Waals surface area contributed by atoms with Crippen LogP contribution in [0.1, 0.15) is 13.3 Å². The van der Waals surface area contributed by atoms with Crippen molar-refractivity contribution < 1.29 is 0 Å². The SMILES string of the molecule is CC(CCN)CNc1cccc2ccccc12. The number of benzene rings is 2. The smallest absolute Gasteiger partial charge is 0.0419 e. The van der Waals surface area contributed by atoms with E-state index in [1.165, 1.54) is 16.5 Å². The predicted molar refractivity (Wildman–Crippen MR) is 75.3 cm³/mol. The van der Waals surface area contributed by atoms with Gasteiger partial charge in [-0.2, -0.15) is 0 Å². The Bertz CT molecular complexity index is 474. The number of nitrogens with two attached hydrogens (primary N) is 1. The zero-order valence-electron chi connectivity index (χ0n) is 10.3. The van der Waals surface area contributed by atoms with Crippen LogP contribution in [0.4, 0.5) is 5.69 Å². The average molecular weight is 228 g/mol. The normalized spacial score (nSPS) is 12.6. The van der Waals surface area contributed by atoms with E-state index < -0.39 is 0 Å². The summed E-state index contributed by atoms with van der Waals surface area (Å²) in [5.74, 6) is 0.610. The first-order valence-corrected chi connectivity index (χ1v) is 6.23. The highest BCUT2D eigenvalue weighted by Gasteiger charge is 2.03. The fraction of sp³-hybridized carbons (Fsp3) is 0.333. The first kappa shape index (κ1) is 11.9. The zero-order valence-corrected chi connectivity index (χ0v) is 10.3. The Kier molecular flexibility index (Phi) is 3.99. The second-order valence-electron chi connectivity index (χ2n) is 4.59. The van der Waals surface area contributed by atoms with Crippen LogP contribution in [0.25, 0.3) is 10.8 Å². The second kappa shape index (κ2) is 5.69. The van der Waals surface area contributed by atoms with Gasteiger partial charge in [0, 0.05) is 17.6 Å². The Hall–Kier alpha value is -1.54. The van der Waals surface area contributed by atoms with Gasteiger partial charge in [-0.05, 0) is 30.3 Å². The topological polar surface area (TPSA) is 38.0 Å². The molecule has 0 fully saturated rings. The van der Waals surface area contributed by atoms with Crippen LogP contribution in [0.3, 0.4) is 0 Å². The van der Waals surface area contributed by atoms with Crippen LogP contribution in [0.5, 0.6) is 0 Å². The van der Waals surface area contributed by atoms with E-state index in [1.54, 1.807) is 0 Å². The lowest BCUT2D eigenvalue weighted by Gasteiger charge is -2.14. The first-order chi connectivity index (χ1) is 8.31. The maximum atomic E-state index is 5.56. The Morgan fingerprint density at radius 1 is 1.12 bits per heavy atom. The molecule has 3 N–H and O–H groups in total. The summed E-state index contributed by atoms with van der Waals surface area (Å²) in [6.07, 6.45) is 1.07. The van der Waals surface area contributed by atoms with Gasteiger partial charge in [0.1, 0.15) is 0 Å². The predicted octanol–water partition coefficient (Wildman–Crippen LogP) is 3.24. The van der Waals surface area contributed by atoms with Gasteiger partial charge >= 0.3 is 0 Å². The van der Waals surface area contributed by atoms with E-state index in [-0.39, 0.29) is 0 Å². The lowest BCUT2D eigenvalue weighted by molar-refractivity contribution is 0.569. The van der Waals surface area contributed by atoms with Crippen molar-refractivity contribution in [2.75, 3.05) is 18.4 Å². The second-order valence-corrected chi connectivity index (χ2v) is 4.59. The quantitative estimate of drug-likeness (QED) is 0.824. The molecule has 0 aliphatic carbocycles. The van der Waals surface area contributed by atoms with E-state index in [9.17, 15) is 0 Å². The average Bonchev–Trinajstić information content (AvgIpc) is 2.36. The fourth-order valence-electron chi connectivity index (χ4n) is 2.05. The van der Waals surface area contributed by atoms with Crippen molar-refractivity contribution >= 4 is 16.5 Å². The minimum absolute atomic E-state index is 0.610. The van der Waals surface area contributed by atoms with E-state index in [2.05, 4.69) is 54.7 Å². The lowest BCUT2D eigenvalue weighted by Crippen LogP contribution is -2.15. The summed E-state index contributed by atoms with van der Waals surface area (Å²) in [6.45, 7) is 3.97. The summed E-state index contributed by atoms with van der Waals surface area (Å²) >= 11 is 0. The molecular weight excluding hydrogens is 208 g/mol. The molecule has 0 aromatic heterocycles. The molecule has 0 aliphatic rings. The van der Waals surface area contributed by atoms with Crippen LogP contribution < -0.4 is 11.1 Å². The number of fused-ring (bicyclic) bond motifs is 1. The molecular formula is C15H20N2. The van der Waals surface area contributed by atoms with Crippen LogP contribution in [0.15, 0.2) is 42.5 Å². The Morgan fingerprint density at radius 3 is 2.71 bits per heavy atom. The van der Waals surface area contributed by atoms with Crippen molar-refractivity contribution in [1.29, 1.82) is 0 Å². The van der Waals surface area contributed by atoms with Gasteiger partial charge in [0.25, 0.3) is 0 Å². The number of anilines is 1. The maximum absolute atomic E-state index is 5.56. The molecule has 0 saturated heterocycles. The van der Waals surface area contributed by atoms with Gasteiger partial charge in [0.2, 0.25) is 0 Å². The molecule has 0 spiro atoms. The van der Waals surface area contributed by atoms with Gasteiger partial charge in [-0.25, -0.2) is 0 Å². The van der Waals surface area contributed by atoms with Crippen molar-refractivity contribution in [1.82, 2.24) is 0 Å². The van der Waals surface area contributed by atoms with Gasteiger partial charge in [0.15, 0.2) is 0 Å². The molecule has 2 aromatic rings. The highest BCUT2D eigenvalue weighted by Crippen LogP contribution is 2.23. The third-order valence-electron chi connectivity index (χ3n) is 3.09. The summed E-state index contributed by atoms with van der Waals surface area (Å²) in [5.41, 5.74) is 6.78. The van der Waals surface area contributed by atoms with Crippen molar-refractivity contribution in [3.8, 4) is 0 Å². The van der Waals surface area contributed by atoms with Gasteiger partial charge in [-0.3, -0.25) is 0 Å². The summed E-state index contributed by atoms with van der Waals surface area (Å²) in [6, 6.07) is 14.8. The molecule has 2 heteroatoms. The summed E-state index contributed by atoms with van der Waals surface area (Å²) in [5, 5.41) is 6.09. The number of hydrogen-bond donors (Lipinski definition) is 2. The number of rotatable bonds is 5. The van der Waals surface area contributed by atoms with Crippen molar-refractivity contribution in [2.24, 2.45) is 11.7 Å². The molecule has 0 amide bonds. The molecule has 17 heavy (non-hydrogen) atoms. The fourth-order valence-corrected chi connectivity index (χ4v) is 2.05. The third-order valence-corrected chi connectivity index (χ3v) is 3.09. The molecule has 0 aliphatic heterocycles. The van der Waals surface area contributed by atoms with Crippen molar-refractivity contribution in [3.05, 3.63) is 42.5 Å². The Labute approximate surface area is 103 Å². The third kappa shape index (κ3) is 2.98. The van der Waals surface area contributed by atoms with E-state index in [4.69, 9.17) is 5.73 Å². The number of hydrogen-bond acceptors (Lipinski definition) is 2. The van der Waals surface area contributed by atoms with Gasteiger partial charge < -0.3 is 11.1 Å². The monoisotopic (exact) mass is 228 g/mol. The maximum Gasteiger partial charge on any atom is 0.0419 e. The molecule has 2 rings (SSSR count). The zero-order chi connectivity index (χ0) is 12.1. The van der Waals surface area contributed by atoms with Crippen molar-refractivity contribution in [3.63, 3.8) is 0 Å². The van der Waals surface area contributed by atoms with Gasteiger partial charge in [-0.1, -0.05) is 43.3 Å². The van der Waals surface area contributed by atoms with Crippen LogP contribution in [-0.4, -0.2) is 13.1 Å². The standard InChI is InChI=1S/C15H20N2/c1-12(9-10-16)11-17-15-8-4-6-13-5-2-3-7-14(13)15/h2-8,12,17H,9-11,16H2,1H3. The Balaban J connectivity index is 2.13. The van der Waals surface area contributed by atoms with Crippen LogP contribution in [-0.2, 0) is 0 Å². The largest absolute Gasteiger partial charge is 0.384 e. The lowest BCUT2D eigenvalue weighted by atomic mass is 10.1. The number of nitrogens with one attached hydrogen (secondary N) is 1. The van der Waals surface area contributed by atoms with Crippen LogP contribution in [0.2, 0.25) is 0 Å². The first-order valence-electron chi connectivity index (χ1n) is 6.23. The molecule has 2 nitrogen and oxygen atoms in total. The Morgan fingerprint density at radius 2 is 1.88 bits per heavy atom. The van der Waals surface area contributed by atoms with Crippen LogP contribution in [0, 0.1) is 5.92 Å². The molecule has 0 heterocycles. The minimum Gasteiger partial charge on any atom is -0.384 e. The highest BCUT2D eigenvalue weighted by atomic mass is 14.9. The summed E-state index contributed by atoms with van der Waals surface area (Å²) in [7, 11) is 0. The highest BCUT2D eigenvalue weighted by molar-refractivity contribution is 5.93. The van der Waals surface area contributed by atoms with E-state index in [1.807, 2.05) is 0 Å². The van der Waals surface area contributed by atoms with Crippen LogP contribution >= 0.6 is 0 Å². The van der Waals surface area contributed by atoms with E-state index in [0.29, 0.717) is 5.92 Å². The molecule has 1 atom stereocenters.